The third-order valence-electron chi connectivity index (χ3n) is 2.68. The van der Waals surface area contributed by atoms with Gasteiger partial charge in [0.25, 0.3) is 0 Å². The zero-order chi connectivity index (χ0) is 13.2. The van der Waals surface area contributed by atoms with Crippen molar-refractivity contribution in [2.75, 3.05) is 6.54 Å². The molecule has 0 radical (unpaired) electrons. The van der Waals surface area contributed by atoms with E-state index < -0.39 is 17.2 Å². The Morgan fingerprint density at radius 2 is 1.94 bits per heavy atom. The van der Waals surface area contributed by atoms with Gasteiger partial charge in [-0.1, -0.05) is 19.9 Å². The van der Waals surface area contributed by atoms with E-state index in [1.165, 1.54) is 19.1 Å². The molecule has 96 valence electrons. The van der Waals surface area contributed by atoms with Gasteiger partial charge in [-0.3, -0.25) is 0 Å². The fourth-order valence-electron chi connectivity index (χ4n) is 1.64. The Balaban J connectivity index is 3.09. The van der Waals surface area contributed by atoms with E-state index in [-0.39, 0.29) is 18.2 Å². The molecule has 1 rings (SSSR count). The third kappa shape index (κ3) is 3.23. The van der Waals surface area contributed by atoms with Crippen LogP contribution in [0.3, 0.4) is 0 Å². The summed E-state index contributed by atoms with van der Waals surface area (Å²) in [5, 5.41) is 13.2. The van der Waals surface area contributed by atoms with E-state index in [0.717, 1.165) is 0 Å². The molecule has 0 bridgehead atoms. The van der Waals surface area contributed by atoms with Crippen molar-refractivity contribution in [3.05, 3.63) is 34.9 Å². The van der Waals surface area contributed by atoms with Crippen LogP contribution in [0.25, 0.3) is 0 Å². The average molecular weight is 243 g/mol. The lowest BCUT2D eigenvalue weighted by Gasteiger charge is -2.27. The molecule has 4 heteroatoms. The van der Waals surface area contributed by atoms with Crippen LogP contribution >= 0.6 is 0 Å². The topological polar surface area (TPSA) is 32.3 Å². The summed E-state index contributed by atoms with van der Waals surface area (Å²) in [7, 11) is 0. The van der Waals surface area contributed by atoms with E-state index in [9.17, 15) is 13.9 Å². The molecule has 2 N–H and O–H groups in total. The van der Waals surface area contributed by atoms with Gasteiger partial charge in [-0.15, -0.1) is 0 Å². The molecule has 0 spiro atoms. The van der Waals surface area contributed by atoms with Crippen LogP contribution < -0.4 is 5.32 Å². The van der Waals surface area contributed by atoms with Crippen molar-refractivity contribution in [2.45, 2.75) is 39.3 Å². The molecule has 1 aromatic carbocycles. The first-order valence-corrected chi connectivity index (χ1v) is 5.66. The van der Waals surface area contributed by atoms with E-state index in [4.69, 9.17) is 0 Å². The minimum absolute atomic E-state index is 0.0992. The summed E-state index contributed by atoms with van der Waals surface area (Å²) in [5.74, 6) is -1.40. The lowest BCUT2D eigenvalue weighted by molar-refractivity contribution is 0.0472. The van der Waals surface area contributed by atoms with Crippen LogP contribution in [0.4, 0.5) is 8.78 Å². The lowest BCUT2D eigenvalue weighted by atomic mass is 9.93. The molecule has 1 aromatic rings. The summed E-state index contributed by atoms with van der Waals surface area (Å²) in [6.07, 6.45) is 0. The molecule has 0 aliphatic heterocycles. The molecule has 0 saturated heterocycles. The number of benzene rings is 1. The minimum Gasteiger partial charge on any atom is -0.384 e. The quantitative estimate of drug-likeness (QED) is 0.851. The predicted molar refractivity (Wildman–Crippen MR) is 63.8 cm³/mol. The highest BCUT2D eigenvalue weighted by Gasteiger charge is 2.30. The van der Waals surface area contributed by atoms with Gasteiger partial charge in [0, 0.05) is 12.6 Å². The number of aryl methyl sites for hydroxylation is 1. The average Bonchev–Trinajstić information content (AvgIpc) is 2.21. The van der Waals surface area contributed by atoms with Gasteiger partial charge >= 0.3 is 0 Å². The normalized spacial score (nSPS) is 15.1. The van der Waals surface area contributed by atoms with Crippen molar-refractivity contribution < 1.29 is 13.9 Å². The summed E-state index contributed by atoms with van der Waals surface area (Å²) in [5.41, 5.74) is -1.51. The summed E-state index contributed by atoms with van der Waals surface area (Å²) in [6, 6.07) is 2.68. The van der Waals surface area contributed by atoms with Crippen LogP contribution in [0.2, 0.25) is 0 Å². The molecule has 0 amide bonds. The molecule has 0 fully saturated rings. The van der Waals surface area contributed by atoms with Crippen molar-refractivity contribution >= 4 is 0 Å². The third-order valence-corrected chi connectivity index (χ3v) is 2.68. The van der Waals surface area contributed by atoms with Crippen molar-refractivity contribution in [3.8, 4) is 0 Å². The van der Waals surface area contributed by atoms with Crippen LogP contribution in [0, 0.1) is 18.6 Å². The van der Waals surface area contributed by atoms with Gasteiger partial charge in [-0.25, -0.2) is 8.78 Å². The summed E-state index contributed by atoms with van der Waals surface area (Å²) in [6.45, 7) is 6.85. The molecule has 1 atom stereocenters. The molecule has 1 unspecified atom stereocenters. The van der Waals surface area contributed by atoms with Gasteiger partial charge in [0.15, 0.2) is 0 Å². The molecule has 0 aliphatic rings. The molecule has 0 heterocycles. The van der Waals surface area contributed by atoms with Crippen molar-refractivity contribution in [3.63, 3.8) is 0 Å². The monoisotopic (exact) mass is 243 g/mol. The lowest BCUT2D eigenvalue weighted by Crippen LogP contribution is -2.40. The standard InChI is InChI=1S/C13H19F2NO/c1-8(2)16-7-13(4,17)11-10(14)6-5-9(3)12(11)15/h5-6,8,16-17H,7H2,1-4H3. The van der Waals surface area contributed by atoms with Crippen LogP contribution in [0.5, 0.6) is 0 Å². The molecule has 17 heavy (non-hydrogen) atoms. The van der Waals surface area contributed by atoms with E-state index >= 15 is 0 Å². The van der Waals surface area contributed by atoms with Crippen LogP contribution in [0.15, 0.2) is 12.1 Å². The second-order valence-corrected chi connectivity index (χ2v) is 4.86. The molecule has 2 nitrogen and oxygen atoms in total. The highest BCUT2D eigenvalue weighted by Crippen LogP contribution is 2.27. The summed E-state index contributed by atoms with van der Waals surface area (Å²) < 4.78 is 27.5. The van der Waals surface area contributed by atoms with E-state index in [0.29, 0.717) is 5.56 Å². The predicted octanol–water partition coefficient (Wildman–Crippen LogP) is 2.48. The first-order chi connectivity index (χ1) is 7.75. The van der Waals surface area contributed by atoms with Crippen LogP contribution in [0.1, 0.15) is 31.9 Å². The molecular weight excluding hydrogens is 224 g/mol. The second kappa shape index (κ2) is 5.10. The van der Waals surface area contributed by atoms with Gasteiger partial charge in [0.2, 0.25) is 0 Å². The Morgan fingerprint density at radius 1 is 1.35 bits per heavy atom. The molecular formula is C13H19F2NO. The summed E-state index contributed by atoms with van der Waals surface area (Å²) >= 11 is 0. The SMILES string of the molecule is Cc1ccc(F)c(C(C)(O)CNC(C)C)c1F. The second-order valence-electron chi connectivity index (χ2n) is 4.86. The number of nitrogens with one attached hydrogen (secondary N) is 1. The van der Waals surface area contributed by atoms with Gasteiger partial charge in [-0.2, -0.15) is 0 Å². The summed E-state index contributed by atoms with van der Waals surface area (Å²) in [4.78, 5) is 0. The van der Waals surface area contributed by atoms with Gasteiger partial charge in [0.05, 0.1) is 5.56 Å². The minimum atomic E-state index is -1.57. The number of hydrogen-bond donors (Lipinski definition) is 2. The maximum absolute atomic E-state index is 13.9. The van der Waals surface area contributed by atoms with Crippen molar-refractivity contribution in [1.82, 2.24) is 5.32 Å². The fraction of sp³-hybridized carbons (Fsp3) is 0.538. The fourth-order valence-corrected chi connectivity index (χ4v) is 1.64. The van der Waals surface area contributed by atoms with Gasteiger partial charge in [-0.05, 0) is 25.5 Å². The first-order valence-electron chi connectivity index (χ1n) is 5.66. The molecule has 0 aliphatic carbocycles. The zero-order valence-corrected chi connectivity index (χ0v) is 10.6. The maximum Gasteiger partial charge on any atom is 0.135 e. The van der Waals surface area contributed by atoms with Gasteiger partial charge < -0.3 is 10.4 Å². The van der Waals surface area contributed by atoms with E-state index in [1.807, 2.05) is 13.8 Å². The smallest absolute Gasteiger partial charge is 0.135 e. The number of aliphatic hydroxyl groups is 1. The van der Waals surface area contributed by atoms with Crippen LogP contribution in [-0.2, 0) is 5.60 Å². The number of hydrogen-bond acceptors (Lipinski definition) is 2. The Morgan fingerprint density at radius 3 is 2.47 bits per heavy atom. The van der Waals surface area contributed by atoms with E-state index in [2.05, 4.69) is 5.32 Å². The highest BCUT2D eigenvalue weighted by atomic mass is 19.1. The highest BCUT2D eigenvalue weighted by molar-refractivity contribution is 5.31. The van der Waals surface area contributed by atoms with E-state index in [1.54, 1.807) is 6.92 Å². The van der Waals surface area contributed by atoms with Gasteiger partial charge in [0.1, 0.15) is 17.2 Å². The molecule has 0 aromatic heterocycles. The van der Waals surface area contributed by atoms with Crippen molar-refractivity contribution in [2.24, 2.45) is 0 Å². The Labute approximate surface area is 101 Å². The largest absolute Gasteiger partial charge is 0.384 e. The van der Waals surface area contributed by atoms with Crippen molar-refractivity contribution in [1.29, 1.82) is 0 Å². The number of halogens is 2. The molecule has 0 saturated carbocycles. The van der Waals surface area contributed by atoms with Crippen LogP contribution in [-0.4, -0.2) is 17.7 Å². The Kier molecular flexibility index (Phi) is 4.22. The number of rotatable bonds is 4. The maximum atomic E-state index is 13.9. The Bertz CT molecular complexity index is 403. The zero-order valence-electron chi connectivity index (χ0n) is 10.6. The first kappa shape index (κ1) is 14.1. The Hall–Kier alpha value is -1.00.